The molecule has 0 N–H and O–H groups in total. The second-order valence-electron chi connectivity index (χ2n) is 4.30. The Balaban J connectivity index is 2.06. The van der Waals surface area contributed by atoms with Crippen LogP contribution in [0.2, 0.25) is 0 Å². The molecule has 1 saturated heterocycles. The van der Waals surface area contributed by atoms with Crippen LogP contribution in [0.15, 0.2) is 12.4 Å². The zero-order chi connectivity index (χ0) is 10.8. The Hall–Kier alpha value is -1.16. The Labute approximate surface area is 89.9 Å². The van der Waals surface area contributed by atoms with Gasteiger partial charge in [-0.3, -0.25) is 9.48 Å². The van der Waals surface area contributed by atoms with E-state index < -0.39 is 0 Å². The first kappa shape index (κ1) is 10.4. The molecule has 1 aliphatic rings. The van der Waals surface area contributed by atoms with Crippen LogP contribution in [0.5, 0.6) is 0 Å². The van der Waals surface area contributed by atoms with E-state index in [0.29, 0.717) is 11.6 Å². The van der Waals surface area contributed by atoms with Crippen molar-refractivity contribution in [2.75, 3.05) is 20.1 Å². The van der Waals surface area contributed by atoms with Gasteiger partial charge in [0.2, 0.25) is 0 Å². The lowest BCUT2D eigenvalue weighted by atomic mass is 10.1. The van der Waals surface area contributed by atoms with Crippen LogP contribution in [-0.4, -0.2) is 40.6 Å². The summed E-state index contributed by atoms with van der Waals surface area (Å²) in [6, 6.07) is 0.467. The van der Waals surface area contributed by atoms with Gasteiger partial charge >= 0.3 is 0 Å². The minimum absolute atomic E-state index is 0.0918. The molecule has 2 heterocycles. The van der Waals surface area contributed by atoms with E-state index in [1.807, 2.05) is 10.9 Å². The molecular formula is C11H17N3O. The molecule has 0 unspecified atom stereocenters. The fraction of sp³-hybridized carbons (Fsp3) is 0.636. The third-order valence-corrected chi connectivity index (χ3v) is 3.07. The molecule has 0 bridgehead atoms. The molecule has 0 aromatic carbocycles. The number of carbonyl (C=O) groups is 1. The number of aromatic nitrogens is 2. The molecule has 0 saturated carbocycles. The zero-order valence-corrected chi connectivity index (χ0v) is 9.31. The predicted octanol–water partition coefficient (Wildman–Crippen LogP) is 1.35. The molecular weight excluding hydrogens is 190 g/mol. The highest BCUT2D eigenvalue weighted by Gasteiger charge is 2.19. The van der Waals surface area contributed by atoms with Crippen LogP contribution < -0.4 is 0 Å². The average Bonchev–Trinajstić information content (AvgIpc) is 2.68. The van der Waals surface area contributed by atoms with Crippen LogP contribution in [0.1, 0.15) is 36.2 Å². The van der Waals surface area contributed by atoms with Crippen molar-refractivity contribution >= 4 is 5.78 Å². The van der Waals surface area contributed by atoms with Gasteiger partial charge in [-0.25, -0.2) is 0 Å². The third kappa shape index (κ3) is 2.26. The standard InChI is InChI=1S/C11H17N3O/c1-9(15)10-7-12-14(8-10)11-3-5-13(2)6-4-11/h7-8,11H,3-6H2,1-2H3. The topological polar surface area (TPSA) is 38.1 Å². The first-order valence-electron chi connectivity index (χ1n) is 5.40. The van der Waals surface area contributed by atoms with E-state index >= 15 is 0 Å². The van der Waals surface area contributed by atoms with Gasteiger partial charge in [-0.15, -0.1) is 0 Å². The molecule has 1 fully saturated rings. The Morgan fingerprint density at radius 3 is 2.67 bits per heavy atom. The summed E-state index contributed by atoms with van der Waals surface area (Å²) in [5.74, 6) is 0.0918. The Morgan fingerprint density at radius 1 is 1.47 bits per heavy atom. The molecule has 0 radical (unpaired) electrons. The van der Waals surface area contributed by atoms with Crippen LogP contribution in [0, 0.1) is 0 Å². The summed E-state index contributed by atoms with van der Waals surface area (Å²) in [4.78, 5) is 13.5. The van der Waals surface area contributed by atoms with Gasteiger partial charge in [0, 0.05) is 6.20 Å². The number of hydrogen-bond donors (Lipinski definition) is 0. The maximum atomic E-state index is 11.1. The largest absolute Gasteiger partial charge is 0.306 e. The third-order valence-electron chi connectivity index (χ3n) is 3.07. The van der Waals surface area contributed by atoms with Gasteiger partial charge in [0.05, 0.1) is 17.8 Å². The summed E-state index contributed by atoms with van der Waals surface area (Å²) in [5, 5.41) is 4.26. The van der Waals surface area contributed by atoms with E-state index in [-0.39, 0.29) is 5.78 Å². The first-order chi connectivity index (χ1) is 7.16. The Bertz CT molecular complexity index is 350. The van der Waals surface area contributed by atoms with Gasteiger partial charge < -0.3 is 4.90 Å². The number of carbonyl (C=O) groups excluding carboxylic acids is 1. The highest BCUT2D eigenvalue weighted by Crippen LogP contribution is 2.21. The number of Topliss-reactive ketones (excluding diaryl/α,β-unsaturated/α-hetero) is 1. The van der Waals surface area contributed by atoms with Crippen molar-refractivity contribution in [3.05, 3.63) is 18.0 Å². The van der Waals surface area contributed by atoms with Crippen molar-refractivity contribution in [3.8, 4) is 0 Å². The minimum atomic E-state index is 0.0918. The molecule has 1 aromatic heterocycles. The van der Waals surface area contributed by atoms with E-state index in [2.05, 4.69) is 17.0 Å². The van der Waals surface area contributed by atoms with E-state index in [4.69, 9.17) is 0 Å². The molecule has 0 aliphatic carbocycles. The SMILES string of the molecule is CC(=O)c1cnn(C2CCN(C)CC2)c1. The fourth-order valence-corrected chi connectivity index (χ4v) is 1.98. The summed E-state index contributed by atoms with van der Waals surface area (Å²) in [7, 11) is 2.14. The summed E-state index contributed by atoms with van der Waals surface area (Å²) in [5.41, 5.74) is 0.717. The lowest BCUT2D eigenvalue weighted by molar-refractivity contribution is 0.101. The van der Waals surface area contributed by atoms with Crippen LogP contribution in [0.4, 0.5) is 0 Å². The maximum absolute atomic E-state index is 11.1. The van der Waals surface area contributed by atoms with Gasteiger partial charge in [-0.05, 0) is 39.9 Å². The summed E-state index contributed by atoms with van der Waals surface area (Å²) >= 11 is 0. The van der Waals surface area contributed by atoms with E-state index in [0.717, 1.165) is 25.9 Å². The highest BCUT2D eigenvalue weighted by atomic mass is 16.1. The van der Waals surface area contributed by atoms with Crippen LogP contribution in [0.25, 0.3) is 0 Å². The molecule has 15 heavy (non-hydrogen) atoms. The Morgan fingerprint density at radius 2 is 2.13 bits per heavy atom. The number of likely N-dealkylation sites (tertiary alicyclic amines) is 1. The smallest absolute Gasteiger partial charge is 0.162 e. The van der Waals surface area contributed by atoms with Crippen molar-refractivity contribution in [1.82, 2.24) is 14.7 Å². The van der Waals surface area contributed by atoms with E-state index in [9.17, 15) is 4.79 Å². The molecule has 2 rings (SSSR count). The second-order valence-corrected chi connectivity index (χ2v) is 4.30. The van der Waals surface area contributed by atoms with E-state index in [1.165, 1.54) is 0 Å². The van der Waals surface area contributed by atoms with Gasteiger partial charge in [0.15, 0.2) is 5.78 Å². The molecule has 1 aliphatic heterocycles. The number of rotatable bonds is 2. The molecule has 1 aromatic rings. The van der Waals surface area contributed by atoms with Crippen molar-refractivity contribution in [2.45, 2.75) is 25.8 Å². The van der Waals surface area contributed by atoms with Crippen molar-refractivity contribution in [2.24, 2.45) is 0 Å². The Kier molecular flexibility index (Phi) is 2.86. The van der Waals surface area contributed by atoms with Gasteiger partial charge in [-0.1, -0.05) is 0 Å². The predicted molar refractivity (Wildman–Crippen MR) is 58.0 cm³/mol. The van der Waals surface area contributed by atoms with Gasteiger partial charge in [0.1, 0.15) is 0 Å². The van der Waals surface area contributed by atoms with Gasteiger partial charge in [-0.2, -0.15) is 5.10 Å². The van der Waals surface area contributed by atoms with E-state index in [1.54, 1.807) is 13.1 Å². The average molecular weight is 207 g/mol. The molecule has 0 spiro atoms. The molecule has 0 amide bonds. The van der Waals surface area contributed by atoms with Crippen molar-refractivity contribution in [3.63, 3.8) is 0 Å². The highest BCUT2D eigenvalue weighted by molar-refractivity contribution is 5.93. The van der Waals surface area contributed by atoms with Crippen molar-refractivity contribution < 1.29 is 4.79 Å². The van der Waals surface area contributed by atoms with Gasteiger partial charge in [0.25, 0.3) is 0 Å². The number of nitrogens with zero attached hydrogens (tertiary/aromatic N) is 3. The normalized spacial score (nSPS) is 19.3. The summed E-state index contributed by atoms with van der Waals surface area (Å²) < 4.78 is 1.95. The molecule has 4 nitrogen and oxygen atoms in total. The number of ketones is 1. The lowest BCUT2D eigenvalue weighted by Gasteiger charge is -2.28. The fourth-order valence-electron chi connectivity index (χ4n) is 1.98. The molecule has 82 valence electrons. The summed E-state index contributed by atoms with van der Waals surface area (Å²) in [6.07, 6.45) is 5.78. The number of hydrogen-bond acceptors (Lipinski definition) is 3. The monoisotopic (exact) mass is 207 g/mol. The molecule has 4 heteroatoms. The minimum Gasteiger partial charge on any atom is -0.306 e. The second kappa shape index (κ2) is 4.14. The summed E-state index contributed by atoms with van der Waals surface area (Å²) in [6.45, 7) is 3.80. The lowest BCUT2D eigenvalue weighted by Crippen LogP contribution is -2.31. The first-order valence-corrected chi connectivity index (χ1v) is 5.40. The van der Waals surface area contributed by atoms with Crippen LogP contribution >= 0.6 is 0 Å². The van der Waals surface area contributed by atoms with Crippen LogP contribution in [0.3, 0.4) is 0 Å². The maximum Gasteiger partial charge on any atom is 0.162 e. The quantitative estimate of drug-likeness (QED) is 0.687. The van der Waals surface area contributed by atoms with Crippen molar-refractivity contribution in [1.29, 1.82) is 0 Å². The zero-order valence-electron chi connectivity index (χ0n) is 9.31. The van der Waals surface area contributed by atoms with Crippen LogP contribution in [-0.2, 0) is 0 Å². The molecule has 0 atom stereocenters. The number of piperidine rings is 1.